The van der Waals surface area contributed by atoms with Crippen molar-refractivity contribution < 1.29 is 13.5 Å². The van der Waals surface area contributed by atoms with Crippen LogP contribution in [-0.4, -0.2) is 17.6 Å². The van der Waals surface area contributed by atoms with Gasteiger partial charge in [0.25, 0.3) is 0 Å². The maximum Gasteiger partial charge on any atom is 0.142 e. The first-order chi connectivity index (χ1) is 11.6. The van der Waals surface area contributed by atoms with Crippen LogP contribution in [0.3, 0.4) is 0 Å². The number of benzene rings is 2. The van der Waals surface area contributed by atoms with Crippen LogP contribution in [-0.2, 0) is 0 Å². The summed E-state index contributed by atoms with van der Waals surface area (Å²) in [6.07, 6.45) is 0.123. The van der Waals surface area contributed by atoms with Crippen molar-refractivity contribution in [3.05, 3.63) is 53.4 Å². The van der Waals surface area contributed by atoms with Crippen molar-refractivity contribution in [2.75, 3.05) is 11.9 Å². The van der Waals surface area contributed by atoms with Gasteiger partial charge >= 0.3 is 0 Å². The van der Waals surface area contributed by atoms with Crippen molar-refractivity contribution in [2.45, 2.75) is 13.0 Å². The molecule has 2 heterocycles. The molecule has 0 aliphatic carbocycles. The SMILES string of the molecule is CC1CNc2cc(-c3csc(-c4c(F)cccc4F)n3)ccc2O1. The van der Waals surface area contributed by atoms with Crippen molar-refractivity contribution in [3.63, 3.8) is 0 Å². The Labute approximate surface area is 141 Å². The summed E-state index contributed by atoms with van der Waals surface area (Å²) in [5.74, 6) is -0.413. The Morgan fingerprint density at radius 2 is 2.00 bits per heavy atom. The van der Waals surface area contributed by atoms with Gasteiger partial charge in [-0.15, -0.1) is 11.3 Å². The van der Waals surface area contributed by atoms with Crippen LogP contribution in [0.2, 0.25) is 0 Å². The Hall–Kier alpha value is -2.47. The first-order valence-corrected chi connectivity index (χ1v) is 8.44. The minimum atomic E-state index is -0.606. The van der Waals surface area contributed by atoms with Crippen LogP contribution in [0.15, 0.2) is 41.8 Å². The van der Waals surface area contributed by atoms with Gasteiger partial charge in [-0.1, -0.05) is 6.07 Å². The molecule has 0 radical (unpaired) electrons. The van der Waals surface area contributed by atoms with E-state index < -0.39 is 11.6 Å². The number of hydrogen-bond donors (Lipinski definition) is 1. The molecule has 24 heavy (non-hydrogen) atoms. The highest BCUT2D eigenvalue weighted by Gasteiger charge is 2.18. The van der Waals surface area contributed by atoms with Gasteiger partial charge in [0, 0.05) is 10.9 Å². The summed E-state index contributed by atoms with van der Waals surface area (Å²) in [4.78, 5) is 4.41. The average Bonchev–Trinajstić information content (AvgIpc) is 3.04. The van der Waals surface area contributed by atoms with E-state index in [9.17, 15) is 8.78 Å². The minimum Gasteiger partial charge on any atom is -0.487 e. The second-order valence-electron chi connectivity index (χ2n) is 5.65. The van der Waals surface area contributed by atoms with Crippen molar-refractivity contribution >= 4 is 17.0 Å². The number of hydrogen-bond acceptors (Lipinski definition) is 4. The molecular weight excluding hydrogens is 330 g/mol. The van der Waals surface area contributed by atoms with Crippen molar-refractivity contribution in [2.24, 2.45) is 0 Å². The van der Waals surface area contributed by atoms with Gasteiger partial charge < -0.3 is 10.1 Å². The van der Waals surface area contributed by atoms with Gasteiger partial charge in [0.2, 0.25) is 0 Å². The van der Waals surface area contributed by atoms with Gasteiger partial charge in [0.1, 0.15) is 28.5 Å². The van der Waals surface area contributed by atoms with Crippen molar-refractivity contribution in [1.82, 2.24) is 4.98 Å². The first kappa shape index (κ1) is 15.1. The van der Waals surface area contributed by atoms with E-state index in [1.165, 1.54) is 29.5 Å². The lowest BCUT2D eigenvalue weighted by Gasteiger charge is -2.25. The number of anilines is 1. The van der Waals surface area contributed by atoms with Crippen LogP contribution in [0.25, 0.3) is 21.8 Å². The maximum atomic E-state index is 13.9. The second kappa shape index (κ2) is 5.87. The van der Waals surface area contributed by atoms with E-state index in [1.54, 1.807) is 5.38 Å². The third-order valence-electron chi connectivity index (χ3n) is 3.86. The summed E-state index contributed by atoms with van der Waals surface area (Å²) in [5.41, 5.74) is 2.37. The molecule has 1 N–H and O–H groups in total. The third-order valence-corrected chi connectivity index (χ3v) is 4.72. The predicted octanol–water partition coefficient (Wildman–Crippen LogP) is 4.95. The number of nitrogens with one attached hydrogen (secondary N) is 1. The number of aromatic nitrogens is 1. The van der Waals surface area contributed by atoms with E-state index in [0.717, 1.165) is 23.5 Å². The van der Waals surface area contributed by atoms with E-state index in [2.05, 4.69) is 10.3 Å². The molecular formula is C18H14F2N2OS. The van der Waals surface area contributed by atoms with E-state index in [4.69, 9.17) is 4.74 Å². The molecule has 4 rings (SSSR count). The van der Waals surface area contributed by atoms with Crippen LogP contribution in [0, 0.1) is 11.6 Å². The molecule has 0 bridgehead atoms. The number of fused-ring (bicyclic) bond motifs is 1. The summed E-state index contributed by atoms with van der Waals surface area (Å²) < 4.78 is 33.6. The lowest BCUT2D eigenvalue weighted by Crippen LogP contribution is -2.27. The highest BCUT2D eigenvalue weighted by Crippen LogP contribution is 2.36. The fourth-order valence-corrected chi connectivity index (χ4v) is 3.54. The molecule has 1 atom stereocenters. The van der Waals surface area contributed by atoms with Gasteiger partial charge in [-0.05, 0) is 37.3 Å². The van der Waals surface area contributed by atoms with Gasteiger partial charge in [-0.2, -0.15) is 0 Å². The number of rotatable bonds is 2. The highest BCUT2D eigenvalue weighted by atomic mass is 32.1. The first-order valence-electron chi connectivity index (χ1n) is 7.56. The lowest BCUT2D eigenvalue weighted by atomic mass is 10.1. The smallest absolute Gasteiger partial charge is 0.142 e. The van der Waals surface area contributed by atoms with E-state index in [0.29, 0.717) is 10.7 Å². The fraction of sp³-hybridized carbons (Fsp3) is 0.167. The second-order valence-corrected chi connectivity index (χ2v) is 6.51. The van der Waals surface area contributed by atoms with Crippen LogP contribution in [0.1, 0.15) is 6.92 Å². The predicted molar refractivity (Wildman–Crippen MR) is 91.5 cm³/mol. The molecule has 2 aromatic carbocycles. The molecule has 3 nitrogen and oxygen atoms in total. The number of thiazole rings is 1. The average molecular weight is 344 g/mol. The molecule has 0 spiro atoms. The van der Waals surface area contributed by atoms with Gasteiger partial charge in [0.05, 0.1) is 23.5 Å². The van der Waals surface area contributed by atoms with Crippen LogP contribution < -0.4 is 10.1 Å². The number of halogens is 2. The third kappa shape index (κ3) is 2.63. The molecule has 6 heteroatoms. The Morgan fingerprint density at radius 1 is 1.21 bits per heavy atom. The summed E-state index contributed by atoms with van der Waals surface area (Å²) in [5, 5.41) is 5.44. The molecule has 1 aliphatic rings. The summed E-state index contributed by atoms with van der Waals surface area (Å²) in [7, 11) is 0. The molecule has 1 unspecified atom stereocenters. The van der Waals surface area contributed by atoms with Crippen LogP contribution in [0.5, 0.6) is 5.75 Å². The molecule has 1 aliphatic heterocycles. The van der Waals surface area contributed by atoms with Gasteiger partial charge in [-0.25, -0.2) is 13.8 Å². The van der Waals surface area contributed by atoms with E-state index in [1.807, 2.05) is 25.1 Å². The normalized spacial score (nSPS) is 16.2. The Morgan fingerprint density at radius 3 is 2.79 bits per heavy atom. The largest absolute Gasteiger partial charge is 0.487 e. The summed E-state index contributed by atoms with van der Waals surface area (Å²) in [6.45, 7) is 2.73. The molecule has 0 saturated carbocycles. The number of ether oxygens (including phenoxy) is 1. The van der Waals surface area contributed by atoms with Gasteiger partial charge in [-0.3, -0.25) is 0 Å². The van der Waals surface area contributed by atoms with Crippen molar-refractivity contribution in [1.29, 1.82) is 0 Å². The topological polar surface area (TPSA) is 34.2 Å². The van der Waals surface area contributed by atoms with Crippen LogP contribution in [0.4, 0.5) is 14.5 Å². The Balaban J connectivity index is 1.71. The Kier molecular flexibility index (Phi) is 3.69. The molecule has 0 amide bonds. The minimum absolute atomic E-state index is 0.0815. The van der Waals surface area contributed by atoms with E-state index in [-0.39, 0.29) is 11.7 Å². The summed E-state index contributed by atoms with van der Waals surface area (Å²) >= 11 is 1.22. The van der Waals surface area contributed by atoms with Crippen LogP contribution >= 0.6 is 11.3 Å². The standard InChI is InChI=1S/C18H14F2N2OS/c1-10-8-21-14-7-11(5-6-16(14)23-10)15-9-24-18(22-15)17-12(19)3-2-4-13(17)20/h2-7,9-10,21H,8H2,1H3. The van der Waals surface area contributed by atoms with Crippen molar-refractivity contribution in [3.8, 4) is 27.6 Å². The maximum absolute atomic E-state index is 13.9. The number of nitrogens with zero attached hydrogens (tertiary/aromatic N) is 1. The zero-order chi connectivity index (χ0) is 16.7. The summed E-state index contributed by atoms with van der Waals surface area (Å²) in [6, 6.07) is 9.54. The zero-order valence-corrected chi connectivity index (χ0v) is 13.7. The van der Waals surface area contributed by atoms with E-state index >= 15 is 0 Å². The zero-order valence-electron chi connectivity index (χ0n) is 12.8. The highest BCUT2D eigenvalue weighted by molar-refractivity contribution is 7.13. The monoisotopic (exact) mass is 344 g/mol. The molecule has 3 aromatic rings. The van der Waals surface area contributed by atoms with Gasteiger partial charge in [0.15, 0.2) is 0 Å². The lowest BCUT2D eigenvalue weighted by molar-refractivity contribution is 0.226. The molecule has 0 fully saturated rings. The molecule has 0 saturated heterocycles. The molecule has 122 valence electrons. The quantitative estimate of drug-likeness (QED) is 0.714. The molecule has 1 aromatic heterocycles. The fourth-order valence-electron chi connectivity index (χ4n) is 2.67. The Bertz CT molecular complexity index is 890.